The van der Waals surface area contributed by atoms with Gasteiger partial charge in [-0.15, -0.1) is 11.3 Å². The van der Waals surface area contributed by atoms with Gasteiger partial charge in [-0.3, -0.25) is 4.79 Å². The number of anilines is 1. The van der Waals surface area contributed by atoms with E-state index in [9.17, 15) is 4.79 Å². The summed E-state index contributed by atoms with van der Waals surface area (Å²) in [4.78, 5) is 15.3. The lowest BCUT2D eigenvalue weighted by Gasteiger charge is -2.22. The number of nitrogens with two attached hydrogens (primary N) is 1. The maximum atomic E-state index is 12.5. The van der Waals surface area contributed by atoms with E-state index in [1.807, 2.05) is 46.7 Å². The van der Waals surface area contributed by atoms with Crippen LogP contribution in [-0.2, 0) is 6.54 Å². The van der Waals surface area contributed by atoms with Crippen molar-refractivity contribution >= 4 is 22.9 Å². The number of nitrogen functional groups attached to an aromatic ring is 1. The van der Waals surface area contributed by atoms with Crippen molar-refractivity contribution < 1.29 is 4.79 Å². The van der Waals surface area contributed by atoms with Crippen LogP contribution in [0.3, 0.4) is 0 Å². The molecule has 0 spiro atoms. The number of hydrogen-bond donors (Lipinski definition) is 1. The van der Waals surface area contributed by atoms with Crippen LogP contribution >= 0.6 is 11.3 Å². The number of amides is 1. The topological polar surface area (TPSA) is 46.3 Å². The second-order valence-corrected chi connectivity index (χ2v) is 5.79. The van der Waals surface area contributed by atoms with Crippen molar-refractivity contribution in [3.8, 4) is 0 Å². The minimum Gasteiger partial charge on any atom is -0.398 e. The summed E-state index contributed by atoms with van der Waals surface area (Å²) in [5.74, 6) is 0.126. The first-order chi connectivity index (χ1) is 9.25. The summed E-state index contributed by atoms with van der Waals surface area (Å²) in [6.45, 7) is 0.605. The molecule has 1 saturated carbocycles. The van der Waals surface area contributed by atoms with Gasteiger partial charge in [0.1, 0.15) is 0 Å². The lowest BCUT2D eigenvalue weighted by molar-refractivity contribution is 0.0735. The summed E-state index contributed by atoms with van der Waals surface area (Å²) < 4.78 is 0. The Kier molecular flexibility index (Phi) is 3.25. The first-order valence-corrected chi connectivity index (χ1v) is 7.31. The Morgan fingerprint density at radius 1 is 1.26 bits per heavy atom. The molecule has 0 aliphatic heterocycles. The number of hydrogen-bond acceptors (Lipinski definition) is 3. The number of carbonyl (C=O) groups excluding carboxylic acids is 1. The van der Waals surface area contributed by atoms with E-state index in [1.54, 1.807) is 0 Å². The van der Waals surface area contributed by atoms with Gasteiger partial charge in [0.2, 0.25) is 0 Å². The number of carbonyl (C=O) groups is 1. The van der Waals surface area contributed by atoms with E-state index < -0.39 is 0 Å². The fourth-order valence-corrected chi connectivity index (χ4v) is 2.84. The van der Waals surface area contributed by atoms with Crippen LogP contribution in [0.5, 0.6) is 0 Å². The third-order valence-corrected chi connectivity index (χ3v) is 4.23. The molecule has 1 heterocycles. The van der Waals surface area contributed by atoms with Gasteiger partial charge in [-0.2, -0.15) is 0 Å². The van der Waals surface area contributed by atoms with Crippen LogP contribution in [0.2, 0.25) is 0 Å². The Hall–Kier alpha value is -1.81. The highest BCUT2D eigenvalue weighted by atomic mass is 32.1. The molecule has 0 unspecified atom stereocenters. The average Bonchev–Trinajstić information content (AvgIpc) is 3.11. The lowest BCUT2D eigenvalue weighted by atomic mass is 10.1. The normalized spacial score (nSPS) is 14.3. The number of thiophene rings is 1. The number of para-hydroxylation sites is 1. The Labute approximate surface area is 116 Å². The summed E-state index contributed by atoms with van der Waals surface area (Å²) in [5.41, 5.74) is 7.76. The first kappa shape index (κ1) is 12.2. The lowest BCUT2D eigenvalue weighted by Crippen LogP contribution is -2.32. The van der Waals surface area contributed by atoms with Crippen LogP contribution in [0.25, 0.3) is 0 Å². The van der Waals surface area contributed by atoms with Crippen LogP contribution in [0, 0.1) is 0 Å². The monoisotopic (exact) mass is 272 g/mol. The van der Waals surface area contributed by atoms with Crippen molar-refractivity contribution in [3.63, 3.8) is 0 Å². The molecular formula is C15H16N2OS. The predicted molar refractivity (Wildman–Crippen MR) is 78.1 cm³/mol. The zero-order chi connectivity index (χ0) is 13.2. The van der Waals surface area contributed by atoms with E-state index in [4.69, 9.17) is 5.73 Å². The van der Waals surface area contributed by atoms with Gasteiger partial charge < -0.3 is 10.6 Å². The molecule has 19 heavy (non-hydrogen) atoms. The van der Waals surface area contributed by atoms with E-state index in [2.05, 4.69) is 0 Å². The smallest absolute Gasteiger partial charge is 0.264 e. The minimum absolute atomic E-state index is 0.126. The maximum absolute atomic E-state index is 12.5. The van der Waals surface area contributed by atoms with E-state index in [-0.39, 0.29) is 5.91 Å². The van der Waals surface area contributed by atoms with Crippen LogP contribution < -0.4 is 5.73 Å². The highest BCUT2D eigenvalue weighted by Gasteiger charge is 2.33. The van der Waals surface area contributed by atoms with E-state index in [0.717, 1.165) is 29.0 Å². The molecule has 0 saturated heterocycles. The molecule has 2 N–H and O–H groups in total. The zero-order valence-corrected chi connectivity index (χ0v) is 11.4. The summed E-state index contributed by atoms with van der Waals surface area (Å²) in [6.07, 6.45) is 2.20. The summed E-state index contributed by atoms with van der Waals surface area (Å²) in [5, 5.41) is 1.94. The molecule has 1 fully saturated rings. The number of benzene rings is 1. The Morgan fingerprint density at radius 2 is 2.05 bits per heavy atom. The quantitative estimate of drug-likeness (QED) is 0.869. The fourth-order valence-electron chi connectivity index (χ4n) is 2.16. The van der Waals surface area contributed by atoms with Crippen molar-refractivity contribution in [3.05, 3.63) is 52.2 Å². The van der Waals surface area contributed by atoms with Crippen LogP contribution in [0.15, 0.2) is 41.8 Å². The van der Waals surface area contributed by atoms with Crippen molar-refractivity contribution in [1.29, 1.82) is 0 Å². The van der Waals surface area contributed by atoms with Crippen molar-refractivity contribution in [2.45, 2.75) is 25.4 Å². The minimum atomic E-state index is 0.126. The summed E-state index contributed by atoms with van der Waals surface area (Å²) in [7, 11) is 0. The molecule has 2 aromatic rings. The molecule has 98 valence electrons. The molecule has 4 heteroatoms. The van der Waals surface area contributed by atoms with Gasteiger partial charge in [-0.25, -0.2) is 0 Å². The molecule has 0 radical (unpaired) electrons. The van der Waals surface area contributed by atoms with Crippen LogP contribution in [-0.4, -0.2) is 16.8 Å². The molecule has 3 nitrogen and oxygen atoms in total. The SMILES string of the molecule is Nc1ccccc1CN(C(=O)c1cccs1)C1CC1. The van der Waals surface area contributed by atoms with Gasteiger partial charge in [0.25, 0.3) is 5.91 Å². The van der Waals surface area contributed by atoms with Gasteiger partial charge in [0.05, 0.1) is 4.88 Å². The third-order valence-electron chi connectivity index (χ3n) is 3.38. The Morgan fingerprint density at radius 3 is 2.68 bits per heavy atom. The van der Waals surface area contributed by atoms with Gasteiger partial charge in [0, 0.05) is 18.3 Å². The van der Waals surface area contributed by atoms with Crippen molar-refractivity contribution in [2.24, 2.45) is 0 Å². The third kappa shape index (κ3) is 2.63. The molecule has 0 bridgehead atoms. The van der Waals surface area contributed by atoms with Gasteiger partial charge in [-0.05, 0) is 35.9 Å². The van der Waals surface area contributed by atoms with E-state index in [0.29, 0.717) is 12.6 Å². The molecule has 1 aliphatic rings. The predicted octanol–water partition coefficient (Wildman–Crippen LogP) is 3.14. The van der Waals surface area contributed by atoms with Gasteiger partial charge in [0.15, 0.2) is 0 Å². The Balaban J connectivity index is 1.82. The summed E-state index contributed by atoms with van der Waals surface area (Å²) >= 11 is 1.50. The van der Waals surface area contributed by atoms with Crippen molar-refractivity contribution in [2.75, 3.05) is 5.73 Å². The molecule has 1 aromatic heterocycles. The highest BCUT2D eigenvalue weighted by Crippen LogP contribution is 2.31. The molecule has 1 aromatic carbocycles. The average molecular weight is 272 g/mol. The highest BCUT2D eigenvalue weighted by molar-refractivity contribution is 7.12. The summed E-state index contributed by atoms with van der Waals surface area (Å²) in [6, 6.07) is 11.9. The molecule has 1 aliphatic carbocycles. The van der Waals surface area contributed by atoms with Crippen LogP contribution in [0.4, 0.5) is 5.69 Å². The second kappa shape index (κ2) is 5.05. The standard InChI is InChI=1S/C15H16N2OS/c16-13-5-2-1-4-11(13)10-17(12-7-8-12)15(18)14-6-3-9-19-14/h1-6,9,12H,7-8,10,16H2. The fraction of sp³-hybridized carbons (Fsp3) is 0.267. The Bertz CT molecular complexity index is 576. The maximum Gasteiger partial charge on any atom is 0.264 e. The largest absolute Gasteiger partial charge is 0.398 e. The zero-order valence-electron chi connectivity index (χ0n) is 10.6. The van der Waals surface area contributed by atoms with E-state index >= 15 is 0 Å². The van der Waals surface area contributed by atoms with Crippen molar-refractivity contribution in [1.82, 2.24) is 4.90 Å². The first-order valence-electron chi connectivity index (χ1n) is 6.43. The van der Waals surface area contributed by atoms with Gasteiger partial charge in [-0.1, -0.05) is 24.3 Å². The molecular weight excluding hydrogens is 256 g/mol. The van der Waals surface area contributed by atoms with E-state index in [1.165, 1.54) is 11.3 Å². The van der Waals surface area contributed by atoms with Crippen LogP contribution in [0.1, 0.15) is 28.1 Å². The molecule has 0 atom stereocenters. The number of rotatable bonds is 4. The molecule has 1 amide bonds. The van der Waals surface area contributed by atoms with Gasteiger partial charge >= 0.3 is 0 Å². The second-order valence-electron chi connectivity index (χ2n) is 4.84. The number of nitrogens with zero attached hydrogens (tertiary/aromatic N) is 1. The molecule has 3 rings (SSSR count).